The summed E-state index contributed by atoms with van der Waals surface area (Å²) in [5.41, 5.74) is 1.19. The molecule has 0 radical (unpaired) electrons. The molecule has 21 heavy (non-hydrogen) atoms. The predicted molar refractivity (Wildman–Crippen MR) is 87.4 cm³/mol. The van der Waals surface area contributed by atoms with Gasteiger partial charge in [0, 0.05) is 11.1 Å². The van der Waals surface area contributed by atoms with Gasteiger partial charge in [-0.3, -0.25) is 0 Å². The van der Waals surface area contributed by atoms with Crippen molar-refractivity contribution in [3.8, 4) is 0 Å². The highest BCUT2D eigenvalue weighted by Crippen LogP contribution is 2.17. The molecule has 1 N–H and O–H groups in total. The Morgan fingerprint density at radius 3 is 2.57 bits per heavy atom. The molecule has 1 rings (SSSR count). The Labute approximate surface area is 129 Å². The second-order valence-electron chi connectivity index (χ2n) is 7.02. The van der Waals surface area contributed by atoms with Crippen LogP contribution in [0.2, 0.25) is 0 Å². The van der Waals surface area contributed by atoms with Crippen molar-refractivity contribution >= 4 is 0 Å². The highest BCUT2D eigenvalue weighted by atomic mass is 16.5. The smallest absolute Gasteiger partial charge is 0.118 e. The summed E-state index contributed by atoms with van der Waals surface area (Å²) in [6.45, 7) is 13.8. The number of aryl methyl sites for hydroxylation is 1. The monoisotopic (exact) mass is 296 g/mol. The molecule has 0 saturated heterocycles. The minimum Gasteiger partial charge on any atom is -0.465 e. The molecule has 122 valence electrons. The summed E-state index contributed by atoms with van der Waals surface area (Å²) >= 11 is 0. The molecule has 0 fully saturated rings. The molecule has 1 aromatic rings. The maximum atomic E-state index is 5.86. The highest BCUT2D eigenvalue weighted by Gasteiger charge is 2.20. The van der Waals surface area contributed by atoms with Crippen molar-refractivity contribution in [2.75, 3.05) is 27.2 Å². The first-order valence-corrected chi connectivity index (χ1v) is 7.76. The molecule has 1 heterocycles. The summed E-state index contributed by atoms with van der Waals surface area (Å²) in [4.78, 5) is 2.18. The van der Waals surface area contributed by atoms with Gasteiger partial charge in [0.2, 0.25) is 0 Å². The zero-order chi connectivity index (χ0) is 16.0. The average Bonchev–Trinajstić information content (AvgIpc) is 2.69. The number of hydrogen-bond donors (Lipinski definition) is 1. The standard InChI is InChI=1S/C17H32N2O2/c1-13(2)9-18-10-16-8-15(14(3)21-16)11-20-12-17(4,5)19(6)7/h8,13,18H,9-12H2,1-7H3. The van der Waals surface area contributed by atoms with Gasteiger partial charge in [0.05, 0.1) is 19.8 Å². The van der Waals surface area contributed by atoms with E-state index >= 15 is 0 Å². The molecular formula is C17H32N2O2. The summed E-state index contributed by atoms with van der Waals surface area (Å²) in [6, 6.07) is 2.10. The third-order valence-corrected chi connectivity index (χ3v) is 3.85. The van der Waals surface area contributed by atoms with Crippen molar-refractivity contribution in [3.05, 3.63) is 23.2 Å². The SMILES string of the molecule is Cc1oc(CNCC(C)C)cc1COCC(C)(C)N(C)C. The van der Waals surface area contributed by atoms with E-state index in [0.29, 0.717) is 19.1 Å². The normalized spacial score (nSPS) is 12.6. The lowest BCUT2D eigenvalue weighted by Crippen LogP contribution is -2.42. The molecule has 4 nitrogen and oxygen atoms in total. The van der Waals surface area contributed by atoms with Crippen molar-refractivity contribution in [1.82, 2.24) is 10.2 Å². The zero-order valence-corrected chi connectivity index (χ0v) is 14.7. The van der Waals surface area contributed by atoms with E-state index in [1.54, 1.807) is 0 Å². The fourth-order valence-electron chi connectivity index (χ4n) is 1.84. The van der Waals surface area contributed by atoms with Gasteiger partial charge in [0.1, 0.15) is 11.5 Å². The minimum atomic E-state index is 0.0410. The fraction of sp³-hybridized carbons (Fsp3) is 0.765. The van der Waals surface area contributed by atoms with E-state index in [-0.39, 0.29) is 5.54 Å². The van der Waals surface area contributed by atoms with Gasteiger partial charge in [0.15, 0.2) is 0 Å². The number of rotatable bonds is 9. The van der Waals surface area contributed by atoms with E-state index in [4.69, 9.17) is 9.15 Å². The summed E-state index contributed by atoms with van der Waals surface area (Å²) < 4.78 is 11.6. The summed E-state index contributed by atoms with van der Waals surface area (Å²) in [7, 11) is 4.15. The van der Waals surface area contributed by atoms with Crippen LogP contribution in [0.1, 0.15) is 44.8 Å². The number of furan rings is 1. The molecule has 0 amide bonds. The Morgan fingerprint density at radius 2 is 2.00 bits per heavy atom. The van der Waals surface area contributed by atoms with Crippen LogP contribution >= 0.6 is 0 Å². The van der Waals surface area contributed by atoms with Gasteiger partial charge in [-0.1, -0.05) is 13.8 Å². The summed E-state index contributed by atoms with van der Waals surface area (Å²) in [5.74, 6) is 2.59. The van der Waals surface area contributed by atoms with Crippen molar-refractivity contribution in [2.24, 2.45) is 5.92 Å². The minimum absolute atomic E-state index is 0.0410. The second kappa shape index (κ2) is 7.97. The van der Waals surface area contributed by atoms with Gasteiger partial charge < -0.3 is 19.4 Å². The molecule has 0 aliphatic heterocycles. The van der Waals surface area contributed by atoms with E-state index in [9.17, 15) is 0 Å². The molecular weight excluding hydrogens is 264 g/mol. The van der Waals surface area contributed by atoms with Crippen LogP contribution in [0.5, 0.6) is 0 Å². The van der Waals surface area contributed by atoms with Gasteiger partial charge in [-0.25, -0.2) is 0 Å². The van der Waals surface area contributed by atoms with Crippen LogP contribution in [0.3, 0.4) is 0 Å². The summed E-state index contributed by atoms with van der Waals surface area (Å²) in [6.07, 6.45) is 0. The molecule has 0 aliphatic carbocycles. The number of likely N-dealkylation sites (N-methyl/N-ethyl adjacent to an activating group) is 1. The maximum Gasteiger partial charge on any atom is 0.118 e. The average molecular weight is 296 g/mol. The summed E-state index contributed by atoms with van der Waals surface area (Å²) in [5, 5.41) is 3.40. The van der Waals surface area contributed by atoms with Crippen LogP contribution in [0.25, 0.3) is 0 Å². The Kier molecular flexibility index (Phi) is 6.91. The largest absolute Gasteiger partial charge is 0.465 e. The lowest BCUT2D eigenvalue weighted by atomic mass is 10.1. The van der Waals surface area contributed by atoms with Crippen LogP contribution in [-0.2, 0) is 17.9 Å². The predicted octanol–water partition coefficient (Wildman–Crippen LogP) is 3.19. The highest BCUT2D eigenvalue weighted by molar-refractivity contribution is 5.20. The maximum absolute atomic E-state index is 5.86. The zero-order valence-electron chi connectivity index (χ0n) is 14.7. The molecule has 0 spiro atoms. The first-order valence-electron chi connectivity index (χ1n) is 7.76. The Bertz CT molecular complexity index is 422. The lowest BCUT2D eigenvalue weighted by Gasteiger charge is -2.32. The molecule has 0 aromatic carbocycles. The van der Waals surface area contributed by atoms with Crippen LogP contribution in [0.15, 0.2) is 10.5 Å². The van der Waals surface area contributed by atoms with Crippen molar-refractivity contribution in [1.29, 1.82) is 0 Å². The van der Waals surface area contributed by atoms with Crippen molar-refractivity contribution in [2.45, 2.75) is 53.3 Å². The molecule has 4 heteroatoms. The van der Waals surface area contributed by atoms with Gasteiger partial charge in [-0.2, -0.15) is 0 Å². The second-order valence-corrected chi connectivity index (χ2v) is 7.02. The topological polar surface area (TPSA) is 37.6 Å². The van der Waals surface area contributed by atoms with E-state index in [1.165, 1.54) is 0 Å². The van der Waals surface area contributed by atoms with Gasteiger partial charge in [0.25, 0.3) is 0 Å². The fourth-order valence-corrected chi connectivity index (χ4v) is 1.84. The Morgan fingerprint density at radius 1 is 1.33 bits per heavy atom. The first-order chi connectivity index (χ1) is 9.72. The number of ether oxygens (including phenoxy) is 1. The van der Waals surface area contributed by atoms with Crippen LogP contribution in [0.4, 0.5) is 0 Å². The third kappa shape index (κ3) is 6.20. The number of hydrogen-bond acceptors (Lipinski definition) is 4. The van der Waals surface area contributed by atoms with Crippen LogP contribution in [-0.4, -0.2) is 37.7 Å². The number of nitrogens with one attached hydrogen (secondary N) is 1. The van der Waals surface area contributed by atoms with Crippen LogP contribution in [0, 0.1) is 12.8 Å². The molecule has 0 bridgehead atoms. The molecule has 0 atom stereocenters. The van der Waals surface area contributed by atoms with Gasteiger partial charge in [-0.05, 0) is 53.4 Å². The Hall–Kier alpha value is -0.840. The lowest BCUT2D eigenvalue weighted by molar-refractivity contribution is 0.0270. The van der Waals surface area contributed by atoms with Crippen molar-refractivity contribution < 1.29 is 9.15 Å². The molecule has 1 aromatic heterocycles. The quantitative estimate of drug-likeness (QED) is 0.759. The Balaban J connectivity index is 2.44. The molecule has 0 aliphatic rings. The molecule has 0 saturated carbocycles. The van der Waals surface area contributed by atoms with E-state index in [2.05, 4.69) is 58.1 Å². The van der Waals surface area contributed by atoms with E-state index < -0.39 is 0 Å². The molecule has 0 unspecified atom stereocenters. The van der Waals surface area contributed by atoms with Crippen LogP contribution < -0.4 is 5.32 Å². The van der Waals surface area contributed by atoms with Gasteiger partial charge >= 0.3 is 0 Å². The van der Waals surface area contributed by atoms with Crippen molar-refractivity contribution in [3.63, 3.8) is 0 Å². The van der Waals surface area contributed by atoms with E-state index in [1.807, 2.05) is 6.92 Å². The van der Waals surface area contributed by atoms with E-state index in [0.717, 1.165) is 30.2 Å². The third-order valence-electron chi connectivity index (χ3n) is 3.85. The van der Waals surface area contributed by atoms with Gasteiger partial charge in [-0.15, -0.1) is 0 Å². The first kappa shape index (κ1) is 18.2. The number of nitrogens with zero attached hydrogens (tertiary/aromatic N) is 1.